The molecule has 27 heavy (non-hydrogen) atoms. The third kappa shape index (κ3) is 4.97. The van der Waals surface area contributed by atoms with E-state index < -0.39 is 15.8 Å². The highest BCUT2D eigenvalue weighted by Gasteiger charge is 2.22. The maximum atomic E-state index is 13.2. The summed E-state index contributed by atoms with van der Waals surface area (Å²) in [5.41, 5.74) is 0.709. The number of hydrogen-bond acceptors (Lipinski definition) is 4. The second-order valence-corrected chi connectivity index (χ2v) is 7.95. The number of benzene rings is 2. The van der Waals surface area contributed by atoms with E-state index in [0.29, 0.717) is 12.5 Å². The van der Waals surface area contributed by atoms with E-state index in [0.717, 1.165) is 25.2 Å². The summed E-state index contributed by atoms with van der Waals surface area (Å²) in [6.07, 6.45) is 0. The molecule has 0 radical (unpaired) electrons. The Labute approximate surface area is 164 Å². The smallest absolute Gasteiger partial charge is 0.262 e. The molecule has 1 heterocycles. The Morgan fingerprint density at radius 3 is 2.56 bits per heavy atom. The summed E-state index contributed by atoms with van der Waals surface area (Å²) < 4.78 is 41.0. The van der Waals surface area contributed by atoms with Gasteiger partial charge >= 0.3 is 0 Å². The Kier molecular flexibility index (Phi) is 6.80. The van der Waals surface area contributed by atoms with Gasteiger partial charge < -0.3 is 10.6 Å². The number of aryl methyl sites for hydroxylation is 1. The number of carbonyl (C=O) groups is 1. The van der Waals surface area contributed by atoms with E-state index in [-0.39, 0.29) is 40.0 Å². The first-order valence-corrected chi connectivity index (χ1v) is 9.72. The van der Waals surface area contributed by atoms with Crippen molar-refractivity contribution in [2.24, 2.45) is 5.92 Å². The molecule has 1 aliphatic heterocycles. The number of anilines is 1. The molecule has 1 saturated heterocycles. The van der Waals surface area contributed by atoms with Crippen molar-refractivity contribution < 1.29 is 17.6 Å². The van der Waals surface area contributed by atoms with Crippen LogP contribution in [0.4, 0.5) is 10.1 Å². The molecule has 2 aromatic rings. The van der Waals surface area contributed by atoms with Gasteiger partial charge in [-0.1, -0.05) is 12.1 Å². The average molecular weight is 414 g/mol. The quantitative estimate of drug-likeness (QED) is 0.678. The Balaban J connectivity index is 0.00000261. The van der Waals surface area contributed by atoms with E-state index >= 15 is 0 Å². The molecule has 3 N–H and O–H groups in total. The highest BCUT2D eigenvalue weighted by Crippen LogP contribution is 2.22. The van der Waals surface area contributed by atoms with Gasteiger partial charge in [-0.15, -0.1) is 12.4 Å². The summed E-state index contributed by atoms with van der Waals surface area (Å²) in [5, 5.41) is 5.95. The van der Waals surface area contributed by atoms with Gasteiger partial charge in [-0.3, -0.25) is 9.52 Å². The number of rotatable bonds is 6. The molecule has 1 fully saturated rings. The van der Waals surface area contributed by atoms with Crippen LogP contribution in [0.2, 0.25) is 0 Å². The summed E-state index contributed by atoms with van der Waals surface area (Å²) >= 11 is 0. The van der Waals surface area contributed by atoms with Crippen LogP contribution < -0.4 is 15.4 Å². The van der Waals surface area contributed by atoms with Crippen molar-refractivity contribution in [3.8, 4) is 0 Å². The van der Waals surface area contributed by atoms with E-state index in [1.54, 1.807) is 18.2 Å². The summed E-state index contributed by atoms with van der Waals surface area (Å²) in [7, 11) is -3.95. The SMILES string of the molecule is Cc1cc(F)ccc1S(=O)(=O)Nc1ccccc1C(=O)NCC1CNC1.Cl. The van der Waals surface area contributed by atoms with Crippen LogP contribution in [0, 0.1) is 18.7 Å². The fraction of sp³-hybridized carbons (Fsp3) is 0.278. The first-order chi connectivity index (χ1) is 12.4. The Hall–Kier alpha value is -2.16. The lowest BCUT2D eigenvalue weighted by molar-refractivity contribution is 0.0943. The summed E-state index contributed by atoms with van der Waals surface area (Å²) in [6, 6.07) is 9.84. The van der Waals surface area contributed by atoms with Gasteiger partial charge in [0.1, 0.15) is 5.82 Å². The minimum absolute atomic E-state index is 0. The van der Waals surface area contributed by atoms with Crippen molar-refractivity contribution in [3.05, 3.63) is 59.4 Å². The standard InChI is InChI=1S/C18H20FN3O3S.ClH/c1-12-8-14(19)6-7-17(12)26(24,25)22-16-5-3-2-4-15(16)18(23)21-11-13-9-20-10-13;/h2-8,13,20,22H,9-11H2,1H3,(H,21,23);1H. The molecule has 0 spiro atoms. The molecule has 146 valence electrons. The molecular formula is C18H21ClFN3O3S. The first kappa shape index (κ1) is 21.1. The van der Waals surface area contributed by atoms with Crippen molar-refractivity contribution in [2.75, 3.05) is 24.4 Å². The number of amides is 1. The molecule has 9 heteroatoms. The van der Waals surface area contributed by atoms with Crippen LogP contribution in [-0.4, -0.2) is 34.0 Å². The zero-order valence-electron chi connectivity index (χ0n) is 14.7. The minimum Gasteiger partial charge on any atom is -0.352 e. The first-order valence-electron chi connectivity index (χ1n) is 8.24. The molecule has 1 aliphatic rings. The molecule has 0 bridgehead atoms. The molecule has 1 amide bonds. The molecule has 6 nitrogen and oxygen atoms in total. The van der Waals surface area contributed by atoms with Crippen molar-refractivity contribution in [1.82, 2.24) is 10.6 Å². The van der Waals surface area contributed by atoms with Gasteiger partial charge in [0.15, 0.2) is 0 Å². The molecule has 0 aliphatic carbocycles. The lowest BCUT2D eigenvalue weighted by Gasteiger charge is -2.27. The zero-order chi connectivity index (χ0) is 18.7. The van der Waals surface area contributed by atoms with Gasteiger partial charge in [0, 0.05) is 25.6 Å². The topological polar surface area (TPSA) is 87.3 Å². The van der Waals surface area contributed by atoms with Crippen LogP contribution in [-0.2, 0) is 10.0 Å². The Morgan fingerprint density at radius 2 is 1.93 bits per heavy atom. The number of para-hydroxylation sites is 1. The largest absolute Gasteiger partial charge is 0.352 e. The average Bonchev–Trinajstić information content (AvgIpc) is 2.53. The normalized spacial score (nSPS) is 14.0. The third-order valence-electron chi connectivity index (χ3n) is 4.26. The van der Waals surface area contributed by atoms with Crippen molar-refractivity contribution in [3.63, 3.8) is 0 Å². The summed E-state index contributed by atoms with van der Waals surface area (Å²) in [5.74, 6) is -0.456. The van der Waals surface area contributed by atoms with Crippen LogP contribution in [0.25, 0.3) is 0 Å². The van der Waals surface area contributed by atoms with E-state index in [1.807, 2.05) is 0 Å². The predicted octanol–water partition coefficient (Wildman–Crippen LogP) is 2.31. The lowest BCUT2D eigenvalue weighted by atomic mass is 10.0. The van der Waals surface area contributed by atoms with Gasteiger partial charge in [0.05, 0.1) is 16.1 Å². The maximum absolute atomic E-state index is 13.2. The Bertz CT molecular complexity index is 933. The van der Waals surface area contributed by atoms with Crippen LogP contribution in [0.3, 0.4) is 0 Å². The number of sulfonamides is 1. The Morgan fingerprint density at radius 1 is 1.22 bits per heavy atom. The second-order valence-electron chi connectivity index (χ2n) is 6.30. The molecule has 2 aromatic carbocycles. The number of nitrogens with one attached hydrogen (secondary N) is 3. The summed E-state index contributed by atoms with van der Waals surface area (Å²) in [6.45, 7) is 3.77. The van der Waals surface area contributed by atoms with E-state index in [1.165, 1.54) is 19.1 Å². The predicted molar refractivity (Wildman–Crippen MR) is 104 cm³/mol. The van der Waals surface area contributed by atoms with Crippen LogP contribution in [0.15, 0.2) is 47.4 Å². The number of halogens is 2. The number of hydrogen-bond donors (Lipinski definition) is 3. The lowest BCUT2D eigenvalue weighted by Crippen LogP contribution is -2.48. The fourth-order valence-corrected chi connectivity index (χ4v) is 4.02. The van der Waals surface area contributed by atoms with Crippen molar-refractivity contribution in [1.29, 1.82) is 0 Å². The molecular weight excluding hydrogens is 393 g/mol. The molecule has 0 unspecified atom stereocenters. The maximum Gasteiger partial charge on any atom is 0.262 e. The molecule has 0 saturated carbocycles. The van der Waals surface area contributed by atoms with Crippen LogP contribution >= 0.6 is 12.4 Å². The van der Waals surface area contributed by atoms with E-state index in [4.69, 9.17) is 0 Å². The highest BCUT2D eigenvalue weighted by atomic mass is 35.5. The van der Waals surface area contributed by atoms with Crippen LogP contribution in [0.1, 0.15) is 15.9 Å². The van der Waals surface area contributed by atoms with Crippen molar-refractivity contribution >= 4 is 34.0 Å². The molecule has 0 aromatic heterocycles. The van der Waals surface area contributed by atoms with E-state index in [9.17, 15) is 17.6 Å². The van der Waals surface area contributed by atoms with Gasteiger partial charge in [-0.05, 0) is 42.8 Å². The van der Waals surface area contributed by atoms with Gasteiger partial charge in [-0.25, -0.2) is 12.8 Å². The third-order valence-corrected chi connectivity index (χ3v) is 5.79. The van der Waals surface area contributed by atoms with Gasteiger partial charge in [0.25, 0.3) is 15.9 Å². The summed E-state index contributed by atoms with van der Waals surface area (Å²) in [4.78, 5) is 12.4. The van der Waals surface area contributed by atoms with Crippen molar-refractivity contribution in [2.45, 2.75) is 11.8 Å². The van der Waals surface area contributed by atoms with E-state index in [2.05, 4.69) is 15.4 Å². The van der Waals surface area contributed by atoms with Gasteiger partial charge in [-0.2, -0.15) is 0 Å². The zero-order valence-corrected chi connectivity index (χ0v) is 16.3. The highest BCUT2D eigenvalue weighted by molar-refractivity contribution is 7.92. The number of carbonyl (C=O) groups excluding carboxylic acids is 1. The molecule has 0 atom stereocenters. The molecule has 3 rings (SSSR count). The minimum atomic E-state index is -3.95. The monoisotopic (exact) mass is 413 g/mol. The van der Waals surface area contributed by atoms with Crippen LogP contribution in [0.5, 0.6) is 0 Å². The fourth-order valence-electron chi connectivity index (χ4n) is 2.71. The van der Waals surface area contributed by atoms with Gasteiger partial charge in [0.2, 0.25) is 0 Å². The second kappa shape index (κ2) is 8.69.